The largest absolute Gasteiger partial charge is 0.471 e. The molecule has 0 bridgehead atoms. The summed E-state index contributed by atoms with van der Waals surface area (Å²) in [7, 11) is 0. The van der Waals surface area contributed by atoms with Gasteiger partial charge in [0.15, 0.2) is 12.4 Å². The maximum absolute atomic E-state index is 13.9. The van der Waals surface area contributed by atoms with E-state index in [-0.39, 0.29) is 35.5 Å². The Morgan fingerprint density at radius 2 is 1.94 bits per heavy atom. The lowest BCUT2D eigenvalue weighted by Crippen LogP contribution is -2.15. The molecule has 0 aliphatic heterocycles. The molecule has 1 amide bonds. The molecule has 0 radical (unpaired) electrons. The Balaban J connectivity index is 1.36. The third-order valence-electron chi connectivity index (χ3n) is 4.18. The second-order valence-corrected chi connectivity index (χ2v) is 7.23. The van der Waals surface area contributed by atoms with Gasteiger partial charge >= 0.3 is 0 Å². The van der Waals surface area contributed by atoms with Gasteiger partial charge in [0.2, 0.25) is 5.95 Å². The molecule has 1 N–H and O–H groups in total. The van der Waals surface area contributed by atoms with E-state index in [0.717, 1.165) is 0 Å². The van der Waals surface area contributed by atoms with Crippen LogP contribution in [0.5, 0.6) is 5.75 Å². The Morgan fingerprint density at radius 1 is 1.10 bits per heavy atom. The average Bonchev–Trinajstić information content (AvgIpc) is 3.39. The van der Waals surface area contributed by atoms with E-state index in [2.05, 4.69) is 20.5 Å². The fourth-order valence-electron chi connectivity index (χ4n) is 2.69. The Kier molecular flexibility index (Phi) is 6.15. The molecule has 4 aromatic rings. The van der Waals surface area contributed by atoms with Crippen LogP contribution in [0.15, 0.2) is 61.1 Å². The van der Waals surface area contributed by atoms with Gasteiger partial charge in [0, 0.05) is 21.8 Å². The number of hydrogen-bond acceptors (Lipinski definition) is 5. The first-order valence-electron chi connectivity index (χ1n) is 9.03. The van der Waals surface area contributed by atoms with E-state index in [9.17, 15) is 9.18 Å². The summed E-state index contributed by atoms with van der Waals surface area (Å²) in [5.41, 5.74) is 0.439. The predicted octanol–water partition coefficient (Wildman–Crippen LogP) is 4.26. The molecule has 2 aromatic heterocycles. The van der Waals surface area contributed by atoms with Gasteiger partial charge in [-0.2, -0.15) is 5.10 Å². The summed E-state index contributed by atoms with van der Waals surface area (Å²) in [6.45, 7) is 0.174. The number of anilines is 1. The number of carbonyl (C=O) groups is 1. The Bertz CT molecular complexity index is 1210. The first kappa shape index (κ1) is 20.8. The maximum atomic E-state index is 13.9. The molecule has 8 nitrogen and oxygen atoms in total. The molecule has 11 heteroatoms. The minimum atomic E-state index is -0.497. The molecule has 158 valence electrons. The zero-order chi connectivity index (χ0) is 21.8. The molecule has 0 spiro atoms. The van der Waals surface area contributed by atoms with Gasteiger partial charge in [0.25, 0.3) is 5.91 Å². The highest BCUT2D eigenvalue weighted by molar-refractivity contribution is 6.31. The van der Waals surface area contributed by atoms with Crippen LogP contribution in [0.3, 0.4) is 0 Å². The summed E-state index contributed by atoms with van der Waals surface area (Å²) < 4.78 is 22.3. The first-order chi connectivity index (χ1) is 15.0. The van der Waals surface area contributed by atoms with Crippen LogP contribution in [-0.4, -0.2) is 30.5 Å². The van der Waals surface area contributed by atoms with Gasteiger partial charge in [-0.05, 0) is 36.4 Å². The van der Waals surface area contributed by atoms with Crippen molar-refractivity contribution in [1.82, 2.24) is 24.5 Å². The summed E-state index contributed by atoms with van der Waals surface area (Å²) in [5, 5.41) is 11.7. The van der Waals surface area contributed by atoms with Crippen LogP contribution >= 0.6 is 23.2 Å². The third-order valence-corrected chi connectivity index (χ3v) is 4.77. The number of amides is 1. The van der Waals surface area contributed by atoms with Crippen LogP contribution in [0.1, 0.15) is 16.1 Å². The van der Waals surface area contributed by atoms with Crippen molar-refractivity contribution in [1.29, 1.82) is 0 Å². The van der Waals surface area contributed by atoms with Crippen LogP contribution in [0.25, 0.3) is 0 Å². The SMILES string of the molecule is O=C(Nc1ncn(Cc2c(F)cccc2Cl)n1)c1ccn(COc2cccc(Cl)c2)n1. The molecular formula is C20H15Cl2FN6O2. The highest BCUT2D eigenvalue weighted by Gasteiger charge is 2.14. The third kappa shape index (κ3) is 5.19. The molecule has 31 heavy (non-hydrogen) atoms. The summed E-state index contributed by atoms with van der Waals surface area (Å²) >= 11 is 11.9. The number of halogens is 3. The average molecular weight is 461 g/mol. The van der Waals surface area contributed by atoms with Gasteiger partial charge in [0.05, 0.1) is 6.54 Å². The molecule has 0 atom stereocenters. The minimum Gasteiger partial charge on any atom is -0.471 e. The molecule has 2 aromatic carbocycles. The van der Waals surface area contributed by atoms with E-state index in [1.165, 1.54) is 33.9 Å². The summed E-state index contributed by atoms with van der Waals surface area (Å²) in [5.74, 6) is -0.303. The number of hydrogen-bond donors (Lipinski definition) is 1. The van der Waals surface area contributed by atoms with Crippen LogP contribution in [0, 0.1) is 5.82 Å². The number of rotatable bonds is 7. The monoisotopic (exact) mass is 460 g/mol. The van der Waals surface area contributed by atoms with Crippen LogP contribution in [0.2, 0.25) is 10.0 Å². The van der Waals surface area contributed by atoms with Crippen molar-refractivity contribution in [3.8, 4) is 5.75 Å². The molecule has 0 aliphatic rings. The number of ether oxygens (including phenoxy) is 1. The van der Waals surface area contributed by atoms with Crippen LogP contribution in [-0.2, 0) is 13.3 Å². The topological polar surface area (TPSA) is 86.9 Å². The molecule has 0 fully saturated rings. The fraction of sp³-hybridized carbons (Fsp3) is 0.100. The fourth-order valence-corrected chi connectivity index (χ4v) is 3.09. The lowest BCUT2D eigenvalue weighted by Gasteiger charge is -2.06. The number of nitrogens with zero attached hydrogens (tertiary/aromatic N) is 5. The Hall–Kier alpha value is -3.43. The zero-order valence-electron chi connectivity index (χ0n) is 15.9. The van der Waals surface area contributed by atoms with E-state index >= 15 is 0 Å². The van der Waals surface area contributed by atoms with Gasteiger partial charge in [-0.1, -0.05) is 35.3 Å². The van der Waals surface area contributed by atoms with E-state index in [4.69, 9.17) is 27.9 Å². The van der Waals surface area contributed by atoms with Gasteiger partial charge in [-0.3, -0.25) is 10.1 Å². The smallest absolute Gasteiger partial charge is 0.278 e. The van der Waals surface area contributed by atoms with Crippen molar-refractivity contribution in [2.24, 2.45) is 0 Å². The second-order valence-electron chi connectivity index (χ2n) is 6.39. The molecule has 0 saturated carbocycles. The zero-order valence-corrected chi connectivity index (χ0v) is 17.4. The Labute approximate surface area is 186 Å². The van der Waals surface area contributed by atoms with E-state index in [1.54, 1.807) is 36.5 Å². The second kappa shape index (κ2) is 9.15. The van der Waals surface area contributed by atoms with Crippen molar-refractivity contribution in [2.45, 2.75) is 13.3 Å². The molecular weight excluding hydrogens is 446 g/mol. The highest BCUT2D eigenvalue weighted by atomic mass is 35.5. The molecule has 0 saturated heterocycles. The maximum Gasteiger partial charge on any atom is 0.278 e. The van der Waals surface area contributed by atoms with Crippen molar-refractivity contribution >= 4 is 35.1 Å². The van der Waals surface area contributed by atoms with Crippen molar-refractivity contribution < 1.29 is 13.9 Å². The number of nitrogens with one attached hydrogen (secondary N) is 1. The summed E-state index contributed by atoms with van der Waals surface area (Å²) in [6, 6.07) is 12.9. The quantitative estimate of drug-likeness (QED) is 0.445. The lowest BCUT2D eigenvalue weighted by atomic mass is 10.2. The molecule has 0 unspecified atom stereocenters. The first-order valence-corrected chi connectivity index (χ1v) is 9.79. The van der Waals surface area contributed by atoms with Gasteiger partial charge in [-0.15, -0.1) is 5.10 Å². The number of aromatic nitrogens is 5. The normalized spacial score (nSPS) is 10.8. The Morgan fingerprint density at radius 3 is 2.74 bits per heavy atom. The van der Waals surface area contributed by atoms with Crippen molar-refractivity contribution in [3.05, 3.63) is 88.2 Å². The summed E-state index contributed by atoms with van der Waals surface area (Å²) in [6.07, 6.45) is 2.97. The number of benzene rings is 2. The van der Waals surface area contributed by atoms with E-state index in [1.807, 2.05) is 0 Å². The van der Waals surface area contributed by atoms with Gasteiger partial charge in [0.1, 0.15) is 17.9 Å². The van der Waals surface area contributed by atoms with E-state index < -0.39 is 11.7 Å². The van der Waals surface area contributed by atoms with Crippen LogP contribution < -0.4 is 10.1 Å². The summed E-state index contributed by atoms with van der Waals surface area (Å²) in [4.78, 5) is 16.4. The van der Waals surface area contributed by atoms with Gasteiger partial charge in [-0.25, -0.2) is 18.7 Å². The van der Waals surface area contributed by atoms with Crippen LogP contribution in [0.4, 0.5) is 10.3 Å². The molecule has 4 rings (SSSR count). The van der Waals surface area contributed by atoms with Crippen molar-refractivity contribution in [3.63, 3.8) is 0 Å². The minimum absolute atomic E-state index is 0.0576. The standard InChI is InChI=1S/C20H15Cl2FN6O2/c21-13-3-1-4-14(9-13)31-12-28-8-7-18(26-28)19(30)25-20-24-11-29(27-20)10-15-16(22)5-2-6-17(15)23/h1-9,11H,10,12H2,(H,25,27,30). The van der Waals surface area contributed by atoms with Gasteiger partial charge < -0.3 is 4.74 Å². The molecule has 0 aliphatic carbocycles. The van der Waals surface area contributed by atoms with Crippen molar-refractivity contribution in [2.75, 3.05) is 5.32 Å². The lowest BCUT2D eigenvalue weighted by molar-refractivity contribution is 0.101. The number of carbonyl (C=O) groups excluding carboxylic acids is 1. The predicted molar refractivity (Wildman–Crippen MR) is 113 cm³/mol. The molecule has 2 heterocycles. The van der Waals surface area contributed by atoms with E-state index in [0.29, 0.717) is 10.8 Å². The highest BCUT2D eigenvalue weighted by Crippen LogP contribution is 2.20.